The molecule has 0 radical (unpaired) electrons. The highest BCUT2D eigenvalue weighted by atomic mass is 15.0. The Morgan fingerprint density at radius 2 is 1.57 bits per heavy atom. The van der Waals surface area contributed by atoms with Gasteiger partial charge in [-0.2, -0.15) is 0 Å². The van der Waals surface area contributed by atoms with Crippen molar-refractivity contribution in [1.82, 2.24) is 0 Å². The monoisotopic (exact) mass is 309 g/mol. The molecule has 1 heterocycles. The number of fused-ring (bicyclic) bond motifs is 2. The molecule has 0 aliphatic carbocycles. The molecule has 124 valence electrons. The van der Waals surface area contributed by atoms with Gasteiger partial charge in [0.25, 0.3) is 0 Å². The molecular weight excluding hydrogens is 278 g/mol. The molecule has 0 spiro atoms. The Balaban J connectivity index is 0.000000924. The maximum Gasteiger partial charge on any atom is 0.0574 e. The second kappa shape index (κ2) is 7.21. The second-order valence-electron chi connectivity index (χ2n) is 6.88. The maximum atomic E-state index is 3.80. The van der Waals surface area contributed by atoms with Crippen molar-refractivity contribution in [3.05, 3.63) is 64.2 Å². The van der Waals surface area contributed by atoms with Gasteiger partial charge in [-0.1, -0.05) is 49.7 Å². The summed E-state index contributed by atoms with van der Waals surface area (Å²) >= 11 is 0. The van der Waals surface area contributed by atoms with E-state index >= 15 is 0 Å². The summed E-state index contributed by atoms with van der Waals surface area (Å²) in [5.41, 5.74) is 8.44. The van der Waals surface area contributed by atoms with E-state index in [4.69, 9.17) is 0 Å². The molecular formula is C22H31N. The highest BCUT2D eigenvalue weighted by molar-refractivity contribution is 5.56. The van der Waals surface area contributed by atoms with Crippen LogP contribution in [0.15, 0.2) is 36.4 Å². The zero-order chi connectivity index (χ0) is 17.0. The van der Waals surface area contributed by atoms with E-state index < -0.39 is 0 Å². The number of benzene rings is 2. The maximum absolute atomic E-state index is 3.80. The Kier molecular flexibility index (Phi) is 5.51. The van der Waals surface area contributed by atoms with E-state index in [1.54, 1.807) is 0 Å². The largest absolute Gasteiger partial charge is 0.376 e. The Morgan fingerprint density at radius 3 is 2.30 bits per heavy atom. The van der Waals surface area contributed by atoms with Crippen molar-refractivity contribution >= 4 is 5.69 Å². The van der Waals surface area contributed by atoms with Crippen LogP contribution in [-0.4, -0.2) is 0 Å². The summed E-state index contributed by atoms with van der Waals surface area (Å²) in [7, 11) is 0. The smallest absolute Gasteiger partial charge is 0.0574 e. The average molecular weight is 309 g/mol. The summed E-state index contributed by atoms with van der Waals surface area (Å²) in [4.78, 5) is 0. The molecule has 3 rings (SSSR count). The summed E-state index contributed by atoms with van der Waals surface area (Å²) in [6.07, 6.45) is 3.52. The summed E-state index contributed by atoms with van der Waals surface area (Å²) in [5, 5.41) is 3.80. The van der Waals surface area contributed by atoms with Gasteiger partial charge in [0, 0.05) is 5.69 Å². The first-order chi connectivity index (χ1) is 11.0. The quantitative estimate of drug-likeness (QED) is 0.614. The molecule has 0 bridgehead atoms. The standard InChI is InChI=1S/C20H25N.C2H6/c1-14-12-15(2)19-17(13-14)10-7-9-16-8-5-6-11-18(16)21-20(19,3)4;1-2/h5-6,8,11-13,21H,7,9-10H2,1-4H3;1-2H3. The van der Waals surface area contributed by atoms with E-state index in [9.17, 15) is 0 Å². The van der Waals surface area contributed by atoms with Crippen LogP contribution in [0.4, 0.5) is 5.69 Å². The van der Waals surface area contributed by atoms with Gasteiger partial charge in [-0.15, -0.1) is 0 Å². The molecule has 0 saturated carbocycles. The molecule has 0 fully saturated rings. The number of aryl methyl sites for hydroxylation is 4. The lowest BCUT2D eigenvalue weighted by Gasteiger charge is -2.32. The minimum absolute atomic E-state index is 0.0481. The second-order valence-corrected chi connectivity index (χ2v) is 6.88. The van der Waals surface area contributed by atoms with E-state index in [1.807, 2.05) is 13.8 Å². The van der Waals surface area contributed by atoms with Crippen LogP contribution in [-0.2, 0) is 18.4 Å². The summed E-state index contributed by atoms with van der Waals surface area (Å²) in [6, 6.07) is 13.4. The van der Waals surface area contributed by atoms with Crippen LogP contribution < -0.4 is 5.32 Å². The lowest BCUT2D eigenvalue weighted by atomic mass is 9.84. The van der Waals surface area contributed by atoms with Gasteiger partial charge in [0.15, 0.2) is 0 Å². The fourth-order valence-corrected chi connectivity index (χ4v) is 3.88. The topological polar surface area (TPSA) is 12.0 Å². The first-order valence-electron chi connectivity index (χ1n) is 8.94. The van der Waals surface area contributed by atoms with Crippen molar-refractivity contribution in [3.8, 4) is 0 Å². The first-order valence-corrected chi connectivity index (χ1v) is 8.94. The molecule has 1 N–H and O–H groups in total. The molecule has 23 heavy (non-hydrogen) atoms. The third-order valence-electron chi connectivity index (χ3n) is 4.54. The lowest BCUT2D eigenvalue weighted by molar-refractivity contribution is 0.597. The number of hydrogen-bond acceptors (Lipinski definition) is 1. The highest BCUT2D eigenvalue weighted by Gasteiger charge is 2.27. The van der Waals surface area contributed by atoms with E-state index in [-0.39, 0.29) is 5.54 Å². The molecule has 0 atom stereocenters. The van der Waals surface area contributed by atoms with E-state index in [0.717, 1.165) is 12.8 Å². The summed E-state index contributed by atoms with van der Waals surface area (Å²) in [5.74, 6) is 0. The number of para-hydroxylation sites is 1. The van der Waals surface area contributed by atoms with E-state index in [1.165, 1.54) is 39.9 Å². The molecule has 0 aromatic heterocycles. The van der Waals surface area contributed by atoms with Crippen molar-refractivity contribution in [3.63, 3.8) is 0 Å². The predicted molar refractivity (Wildman–Crippen MR) is 102 cm³/mol. The van der Waals surface area contributed by atoms with E-state index in [2.05, 4.69) is 69.4 Å². The third-order valence-corrected chi connectivity index (χ3v) is 4.54. The highest BCUT2D eigenvalue weighted by Crippen LogP contribution is 2.35. The van der Waals surface area contributed by atoms with Crippen molar-refractivity contribution in [2.75, 3.05) is 5.32 Å². The predicted octanol–water partition coefficient (Wildman–Crippen LogP) is 6.17. The summed E-state index contributed by atoms with van der Waals surface area (Å²) in [6.45, 7) is 13.1. The zero-order valence-electron chi connectivity index (χ0n) is 15.6. The normalized spacial score (nSPS) is 15.6. The van der Waals surface area contributed by atoms with Crippen molar-refractivity contribution in [2.24, 2.45) is 0 Å². The lowest BCUT2D eigenvalue weighted by Crippen LogP contribution is -2.30. The Bertz CT molecular complexity index is 668. The molecule has 2 aromatic rings. The van der Waals surface area contributed by atoms with Gasteiger partial charge in [-0.3, -0.25) is 0 Å². The minimum atomic E-state index is -0.0481. The Labute approximate surface area is 142 Å². The van der Waals surface area contributed by atoms with E-state index in [0.29, 0.717) is 0 Å². The van der Waals surface area contributed by atoms with Crippen molar-refractivity contribution in [1.29, 1.82) is 0 Å². The fraction of sp³-hybridized carbons (Fsp3) is 0.455. The number of rotatable bonds is 0. The van der Waals surface area contributed by atoms with Gasteiger partial charge < -0.3 is 5.32 Å². The summed E-state index contributed by atoms with van der Waals surface area (Å²) < 4.78 is 0. The molecule has 1 aliphatic rings. The van der Waals surface area contributed by atoms with Gasteiger partial charge in [-0.05, 0) is 75.3 Å². The van der Waals surface area contributed by atoms with Crippen LogP contribution in [0.5, 0.6) is 0 Å². The van der Waals surface area contributed by atoms with Gasteiger partial charge in [0.1, 0.15) is 0 Å². The van der Waals surface area contributed by atoms with Gasteiger partial charge in [-0.25, -0.2) is 0 Å². The van der Waals surface area contributed by atoms with Crippen LogP contribution in [0, 0.1) is 13.8 Å². The third kappa shape index (κ3) is 3.77. The van der Waals surface area contributed by atoms with Crippen LogP contribution in [0.1, 0.15) is 61.9 Å². The number of nitrogens with one attached hydrogen (secondary N) is 1. The number of hydrogen-bond donors (Lipinski definition) is 1. The molecule has 1 aliphatic heterocycles. The molecule has 2 aromatic carbocycles. The fourth-order valence-electron chi connectivity index (χ4n) is 3.88. The zero-order valence-corrected chi connectivity index (χ0v) is 15.6. The van der Waals surface area contributed by atoms with Crippen molar-refractivity contribution in [2.45, 2.75) is 66.3 Å². The van der Waals surface area contributed by atoms with Gasteiger partial charge >= 0.3 is 0 Å². The Morgan fingerprint density at radius 1 is 0.913 bits per heavy atom. The molecule has 0 unspecified atom stereocenters. The average Bonchev–Trinajstić information content (AvgIpc) is 2.54. The van der Waals surface area contributed by atoms with Gasteiger partial charge in [0.2, 0.25) is 0 Å². The Hall–Kier alpha value is -1.76. The van der Waals surface area contributed by atoms with Crippen LogP contribution in [0.25, 0.3) is 0 Å². The first kappa shape index (κ1) is 17.6. The van der Waals surface area contributed by atoms with Crippen LogP contribution in [0.2, 0.25) is 0 Å². The number of anilines is 1. The SMILES string of the molecule is CC.Cc1cc(C)c2c(c1)CCCc1ccccc1NC2(C)C. The molecule has 1 nitrogen and oxygen atoms in total. The molecule has 1 heteroatoms. The van der Waals surface area contributed by atoms with Crippen molar-refractivity contribution < 1.29 is 0 Å². The minimum Gasteiger partial charge on any atom is -0.376 e. The van der Waals surface area contributed by atoms with Gasteiger partial charge in [0.05, 0.1) is 5.54 Å². The van der Waals surface area contributed by atoms with Crippen LogP contribution in [0.3, 0.4) is 0 Å². The molecule has 0 saturated heterocycles. The molecule has 0 amide bonds. The van der Waals surface area contributed by atoms with Crippen LogP contribution >= 0.6 is 0 Å².